The highest BCUT2D eigenvalue weighted by atomic mass is 19.4. The fourth-order valence-electron chi connectivity index (χ4n) is 2.56. The van der Waals surface area contributed by atoms with E-state index in [1.807, 2.05) is 0 Å². The lowest BCUT2D eigenvalue weighted by atomic mass is 10.1. The number of aromatic nitrogens is 1. The number of aryl methyl sites for hydroxylation is 1. The van der Waals surface area contributed by atoms with Gasteiger partial charge in [0.05, 0.1) is 10.9 Å². The smallest absolute Gasteiger partial charge is 0.371 e. The fraction of sp³-hybridized carbons (Fsp3) is 0.176. The maximum atomic E-state index is 13.3. The summed E-state index contributed by atoms with van der Waals surface area (Å²) in [7, 11) is 0. The summed E-state index contributed by atoms with van der Waals surface area (Å²) >= 11 is 0. The summed E-state index contributed by atoms with van der Waals surface area (Å²) in [5.41, 5.74) is -3.01. The van der Waals surface area contributed by atoms with Crippen molar-refractivity contribution in [2.24, 2.45) is 0 Å². The van der Waals surface area contributed by atoms with Crippen LogP contribution in [0.2, 0.25) is 0 Å². The normalized spacial score (nSPS) is 12.6. The number of rotatable bonds is 1. The Morgan fingerprint density at radius 3 is 2.27 bits per heavy atom. The van der Waals surface area contributed by atoms with Crippen LogP contribution in [0.25, 0.3) is 16.7 Å². The van der Waals surface area contributed by atoms with Crippen molar-refractivity contribution in [2.75, 3.05) is 0 Å². The molecule has 3 rings (SSSR count). The predicted octanol–water partition coefficient (Wildman–Crippen LogP) is 4.42. The van der Waals surface area contributed by atoms with Crippen LogP contribution in [0, 0.1) is 6.92 Å². The van der Waals surface area contributed by atoms with Crippen LogP contribution in [-0.4, -0.2) is 0 Å². The van der Waals surface area contributed by atoms with Crippen molar-refractivity contribution in [1.82, 2.24) is 0 Å². The molecule has 9 heteroatoms. The molecule has 0 unspecified atom stereocenters. The van der Waals surface area contributed by atoms with Crippen molar-refractivity contribution in [1.29, 1.82) is 0 Å². The maximum Gasteiger partial charge on any atom is 0.608 e. The molecule has 0 amide bonds. The lowest BCUT2D eigenvalue weighted by molar-refractivity contribution is -0.624. The molecule has 0 fully saturated rings. The third kappa shape index (κ3) is 3.16. The molecule has 3 aromatic rings. The van der Waals surface area contributed by atoms with E-state index < -0.39 is 34.9 Å². The van der Waals surface area contributed by atoms with Gasteiger partial charge in [-0.05, 0) is 30.7 Å². The number of hydrogen-bond acceptors (Lipinski definition) is 2. The van der Waals surface area contributed by atoms with Gasteiger partial charge in [-0.1, -0.05) is 16.7 Å². The van der Waals surface area contributed by atoms with Gasteiger partial charge in [0.15, 0.2) is 11.8 Å². The van der Waals surface area contributed by atoms with Gasteiger partial charge in [0, 0.05) is 6.07 Å². The zero-order valence-corrected chi connectivity index (χ0v) is 13.1. The molecule has 0 spiro atoms. The lowest BCUT2D eigenvalue weighted by Gasteiger charge is -2.12. The van der Waals surface area contributed by atoms with E-state index in [4.69, 9.17) is 4.42 Å². The molecule has 0 N–H and O–H groups in total. The zero-order valence-electron chi connectivity index (χ0n) is 13.1. The van der Waals surface area contributed by atoms with Gasteiger partial charge in [0.1, 0.15) is 5.56 Å². The van der Waals surface area contributed by atoms with E-state index in [1.54, 1.807) is 19.1 Å². The molecule has 2 aromatic carbocycles. The monoisotopic (exact) mass is 374 g/mol. The SMILES string of the molecule is Cc1cccc2c[n+](-c3ccc(C(F)(F)F)cc3C(F)(F)F)c(=O)oc12. The van der Waals surface area contributed by atoms with Gasteiger partial charge in [-0.25, -0.2) is 0 Å². The maximum absolute atomic E-state index is 13.3. The summed E-state index contributed by atoms with van der Waals surface area (Å²) in [6.45, 7) is 1.65. The molecule has 1 aromatic heterocycles. The number of para-hydroxylation sites is 1. The van der Waals surface area contributed by atoms with Crippen molar-refractivity contribution in [3.8, 4) is 5.69 Å². The van der Waals surface area contributed by atoms with E-state index in [-0.39, 0.29) is 11.6 Å². The first-order valence-corrected chi connectivity index (χ1v) is 7.22. The largest absolute Gasteiger partial charge is 0.608 e. The Hall–Kier alpha value is -2.84. The summed E-state index contributed by atoms with van der Waals surface area (Å²) in [6, 6.07) is 5.83. The zero-order chi connectivity index (χ0) is 19.3. The second-order valence-electron chi connectivity index (χ2n) is 5.59. The minimum atomic E-state index is -5.10. The minimum Gasteiger partial charge on any atom is -0.371 e. The second kappa shape index (κ2) is 5.86. The molecule has 0 aliphatic heterocycles. The van der Waals surface area contributed by atoms with E-state index in [1.165, 1.54) is 6.07 Å². The highest BCUT2D eigenvalue weighted by Crippen LogP contribution is 2.37. The van der Waals surface area contributed by atoms with E-state index in [9.17, 15) is 31.1 Å². The molecule has 0 saturated heterocycles. The second-order valence-corrected chi connectivity index (χ2v) is 5.59. The fourth-order valence-corrected chi connectivity index (χ4v) is 2.56. The number of benzene rings is 2. The Labute approximate surface area is 142 Å². The van der Waals surface area contributed by atoms with Crippen molar-refractivity contribution in [3.05, 3.63) is 69.8 Å². The Bertz CT molecular complexity index is 1050. The van der Waals surface area contributed by atoms with E-state index in [2.05, 4.69) is 0 Å². The molecule has 26 heavy (non-hydrogen) atoms. The summed E-state index contributed by atoms with van der Waals surface area (Å²) in [6.07, 6.45) is -8.95. The quantitative estimate of drug-likeness (QED) is 0.467. The first-order chi connectivity index (χ1) is 12.0. The van der Waals surface area contributed by atoms with Crippen LogP contribution in [0.15, 0.2) is 51.8 Å². The van der Waals surface area contributed by atoms with Gasteiger partial charge in [-0.3, -0.25) is 0 Å². The molecular weight excluding hydrogens is 364 g/mol. The topological polar surface area (TPSA) is 34.1 Å². The first kappa shape index (κ1) is 18.0. The summed E-state index contributed by atoms with van der Waals surface area (Å²) in [4.78, 5) is 12.2. The van der Waals surface area contributed by atoms with Crippen LogP contribution in [0.1, 0.15) is 16.7 Å². The molecule has 1 heterocycles. The van der Waals surface area contributed by atoms with E-state index >= 15 is 0 Å². The molecule has 0 atom stereocenters. The van der Waals surface area contributed by atoms with Crippen LogP contribution in [0.5, 0.6) is 0 Å². The Morgan fingerprint density at radius 1 is 0.962 bits per heavy atom. The average Bonchev–Trinajstić information content (AvgIpc) is 2.53. The highest BCUT2D eigenvalue weighted by Gasteiger charge is 2.41. The van der Waals surface area contributed by atoms with Gasteiger partial charge in [0.25, 0.3) is 0 Å². The molecule has 0 radical (unpaired) electrons. The van der Waals surface area contributed by atoms with Gasteiger partial charge >= 0.3 is 18.1 Å². The summed E-state index contributed by atoms with van der Waals surface area (Å²) in [5, 5.41) is 0.331. The van der Waals surface area contributed by atoms with Crippen LogP contribution in [-0.2, 0) is 12.4 Å². The van der Waals surface area contributed by atoms with E-state index in [0.717, 1.165) is 6.20 Å². The molecule has 0 aliphatic carbocycles. The van der Waals surface area contributed by atoms with Crippen LogP contribution in [0.4, 0.5) is 26.3 Å². The van der Waals surface area contributed by atoms with Crippen LogP contribution in [0.3, 0.4) is 0 Å². The third-order valence-electron chi connectivity index (χ3n) is 3.79. The number of alkyl halides is 6. The van der Waals surface area contributed by atoms with Crippen LogP contribution >= 0.6 is 0 Å². The molecule has 3 nitrogen and oxygen atoms in total. The van der Waals surface area contributed by atoms with Crippen molar-refractivity contribution in [2.45, 2.75) is 19.3 Å². The van der Waals surface area contributed by atoms with Gasteiger partial charge in [-0.15, -0.1) is 0 Å². The van der Waals surface area contributed by atoms with Crippen molar-refractivity contribution >= 4 is 11.0 Å². The molecule has 0 saturated carbocycles. The third-order valence-corrected chi connectivity index (χ3v) is 3.79. The predicted molar refractivity (Wildman–Crippen MR) is 78.8 cm³/mol. The summed E-state index contributed by atoms with van der Waals surface area (Å²) in [5.74, 6) is -1.14. The molecular formula is C17H10F6NO2+. The first-order valence-electron chi connectivity index (χ1n) is 7.22. The highest BCUT2D eigenvalue weighted by molar-refractivity contribution is 5.77. The minimum absolute atomic E-state index is 0.0256. The Balaban J connectivity index is 2.32. The molecule has 136 valence electrons. The van der Waals surface area contributed by atoms with E-state index in [0.29, 0.717) is 27.6 Å². The number of halogens is 6. The lowest BCUT2D eigenvalue weighted by Crippen LogP contribution is -2.48. The molecule has 0 aliphatic rings. The molecule has 0 bridgehead atoms. The van der Waals surface area contributed by atoms with Gasteiger partial charge in [0.2, 0.25) is 5.69 Å². The number of fused-ring (bicyclic) bond motifs is 1. The van der Waals surface area contributed by atoms with Crippen LogP contribution < -0.4 is 10.3 Å². The van der Waals surface area contributed by atoms with Gasteiger partial charge in [-0.2, -0.15) is 31.1 Å². The Morgan fingerprint density at radius 2 is 1.65 bits per heavy atom. The number of hydrogen-bond donors (Lipinski definition) is 0. The van der Waals surface area contributed by atoms with Crippen molar-refractivity contribution < 1.29 is 35.3 Å². The Kier molecular flexibility index (Phi) is 4.05. The number of nitrogens with zero attached hydrogens (tertiary/aromatic N) is 1. The van der Waals surface area contributed by atoms with Crippen molar-refractivity contribution in [3.63, 3.8) is 0 Å². The average molecular weight is 374 g/mol. The standard InChI is InChI=1S/C17H10F6NO2/c1-9-3-2-4-10-8-24(15(25)26-14(9)10)13-6-5-11(16(18,19)20)7-12(13)17(21,22)23/h2-8H,1H3/q+1. The summed E-state index contributed by atoms with van der Waals surface area (Å²) < 4.78 is 83.8. The van der Waals surface area contributed by atoms with Gasteiger partial charge < -0.3 is 4.42 Å².